The number of amides is 1. The summed E-state index contributed by atoms with van der Waals surface area (Å²) in [6, 6.07) is 3.21. The van der Waals surface area contributed by atoms with Gasteiger partial charge in [0, 0.05) is 26.7 Å². The molecule has 1 amide bonds. The van der Waals surface area contributed by atoms with Gasteiger partial charge in [-0.05, 0) is 18.2 Å². The standard InChI is InChI=1S/C14H21FN2O4S/c1-4-17(5-2)22(19,20)11-6-7-13(15)12(10-11)14(18)16-8-9-21-3/h6-7,10H,4-5,8-9H2,1-3H3,(H,16,18). The van der Waals surface area contributed by atoms with E-state index in [4.69, 9.17) is 4.74 Å². The van der Waals surface area contributed by atoms with E-state index in [-0.39, 0.29) is 23.6 Å². The molecule has 0 fully saturated rings. The molecule has 22 heavy (non-hydrogen) atoms. The summed E-state index contributed by atoms with van der Waals surface area (Å²) in [5, 5.41) is 2.46. The summed E-state index contributed by atoms with van der Waals surface area (Å²) < 4.78 is 44.6. The first-order chi connectivity index (χ1) is 10.4. The van der Waals surface area contributed by atoms with Gasteiger partial charge in [0.05, 0.1) is 17.1 Å². The van der Waals surface area contributed by atoms with Crippen LogP contribution in [0.4, 0.5) is 4.39 Å². The lowest BCUT2D eigenvalue weighted by molar-refractivity contribution is 0.0933. The van der Waals surface area contributed by atoms with Crippen molar-refractivity contribution in [3.63, 3.8) is 0 Å². The number of hydrogen-bond donors (Lipinski definition) is 1. The van der Waals surface area contributed by atoms with E-state index in [1.54, 1.807) is 13.8 Å². The summed E-state index contributed by atoms with van der Waals surface area (Å²) in [6.45, 7) is 4.51. The molecule has 0 heterocycles. The SMILES string of the molecule is CCN(CC)S(=O)(=O)c1ccc(F)c(C(=O)NCCOC)c1. The Morgan fingerprint density at radius 2 is 1.95 bits per heavy atom. The first-order valence-corrected chi connectivity index (χ1v) is 8.39. The topological polar surface area (TPSA) is 75.7 Å². The van der Waals surface area contributed by atoms with Gasteiger partial charge in [0.25, 0.3) is 5.91 Å². The van der Waals surface area contributed by atoms with Crippen LogP contribution in [0.5, 0.6) is 0 Å². The van der Waals surface area contributed by atoms with E-state index in [9.17, 15) is 17.6 Å². The molecule has 0 saturated carbocycles. The second kappa shape index (κ2) is 8.21. The Morgan fingerprint density at radius 1 is 1.32 bits per heavy atom. The van der Waals surface area contributed by atoms with E-state index in [0.29, 0.717) is 13.1 Å². The minimum Gasteiger partial charge on any atom is -0.383 e. The van der Waals surface area contributed by atoms with Crippen LogP contribution in [0.25, 0.3) is 0 Å². The summed E-state index contributed by atoms with van der Waals surface area (Å²) in [5.74, 6) is -1.44. The zero-order chi connectivity index (χ0) is 16.8. The molecule has 1 aromatic rings. The highest BCUT2D eigenvalue weighted by atomic mass is 32.2. The second-order valence-electron chi connectivity index (χ2n) is 4.48. The molecule has 1 rings (SSSR count). The average Bonchev–Trinajstić information content (AvgIpc) is 2.48. The monoisotopic (exact) mass is 332 g/mol. The van der Waals surface area contributed by atoms with E-state index in [2.05, 4.69) is 5.32 Å². The lowest BCUT2D eigenvalue weighted by Crippen LogP contribution is -2.31. The fraction of sp³-hybridized carbons (Fsp3) is 0.500. The number of ether oxygens (including phenoxy) is 1. The molecule has 8 heteroatoms. The molecular weight excluding hydrogens is 311 g/mol. The summed E-state index contributed by atoms with van der Waals surface area (Å²) >= 11 is 0. The number of halogens is 1. The molecule has 0 spiro atoms. The largest absolute Gasteiger partial charge is 0.383 e. The predicted molar refractivity (Wildman–Crippen MR) is 80.7 cm³/mol. The zero-order valence-electron chi connectivity index (χ0n) is 12.9. The molecule has 1 aromatic carbocycles. The minimum absolute atomic E-state index is 0.102. The van der Waals surface area contributed by atoms with E-state index in [0.717, 1.165) is 18.2 Å². The molecule has 6 nitrogen and oxygen atoms in total. The van der Waals surface area contributed by atoms with Crippen LogP contribution >= 0.6 is 0 Å². The highest BCUT2D eigenvalue weighted by Gasteiger charge is 2.24. The number of rotatable bonds is 8. The normalized spacial score (nSPS) is 11.7. The maximum atomic E-state index is 13.8. The highest BCUT2D eigenvalue weighted by molar-refractivity contribution is 7.89. The number of sulfonamides is 1. The van der Waals surface area contributed by atoms with Crippen LogP contribution in [0.3, 0.4) is 0 Å². The van der Waals surface area contributed by atoms with E-state index >= 15 is 0 Å². The highest BCUT2D eigenvalue weighted by Crippen LogP contribution is 2.19. The zero-order valence-corrected chi connectivity index (χ0v) is 13.7. The Bertz CT molecular complexity index is 615. The first-order valence-electron chi connectivity index (χ1n) is 6.95. The van der Waals surface area contributed by atoms with Crippen LogP contribution in [0.1, 0.15) is 24.2 Å². The van der Waals surface area contributed by atoms with Crippen molar-refractivity contribution in [1.29, 1.82) is 0 Å². The summed E-state index contributed by atoms with van der Waals surface area (Å²) in [6.07, 6.45) is 0. The van der Waals surface area contributed by atoms with Crippen LogP contribution in [0.15, 0.2) is 23.1 Å². The van der Waals surface area contributed by atoms with Gasteiger partial charge in [-0.25, -0.2) is 12.8 Å². The number of hydrogen-bond acceptors (Lipinski definition) is 4. The quantitative estimate of drug-likeness (QED) is 0.727. The molecule has 0 saturated heterocycles. The van der Waals surface area contributed by atoms with Gasteiger partial charge in [0.15, 0.2) is 0 Å². The van der Waals surface area contributed by atoms with Crippen LogP contribution in [0.2, 0.25) is 0 Å². The molecule has 0 aliphatic rings. The molecule has 0 bridgehead atoms. The summed E-state index contributed by atoms with van der Waals surface area (Å²) in [7, 11) is -2.26. The molecule has 0 radical (unpaired) electrons. The van der Waals surface area contributed by atoms with Gasteiger partial charge in [-0.3, -0.25) is 4.79 Å². The van der Waals surface area contributed by atoms with Crippen molar-refractivity contribution in [2.75, 3.05) is 33.4 Å². The van der Waals surface area contributed by atoms with Gasteiger partial charge < -0.3 is 10.1 Å². The lowest BCUT2D eigenvalue weighted by atomic mass is 10.2. The number of methoxy groups -OCH3 is 1. The number of nitrogens with one attached hydrogen (secondary N) is 1. The van der Waals surface area contributed by atoms with Gasteiger partial charge in [0.1, 0.15) is 5.82 Å². The summed E-state index contributed by atoms with van der Waals surface area (Å²) in [5.41, 5.74) is -0.302. The maximum Gasteiger partial charge on any atom is 0.254 e. The lowest BCUT2D eigenvalue weighted by Gasteiger charge is -2.18. The molecule has 0 atom stereocenters. The van der Waals surface area contributed by atoms with Crippen molar-refractivity contribution in [1.82, 2.24) is 9.62 Å². The van der Waals surface area contributed by atoms with Gasteiger partial charge in [-0.1, -0.05) is 13.8 Å². The Kier molecular flexibility index (Phi) is 6.92. The van der Waals surface area contributed by atoms with Crippen LogP contribution in [-0.2, 0) is 14.8 Å². The predicted octanol–water partition coefficient (Wildman–Crippen LogP) is 1.23. The summed E-state index contributed by atoms with van der Waals surface area (Å²) in [4.78, 5) is 11.8. The average molecular weight is 332 g/mol. The Labute approximate surface area is 130 Å². The second-order valence-corrected chi connectivity index (χ2v) is 6.42. The van der Waals surface area contributed by atoms with Crippen molar-refractivity contribution in [2.45, 2.75) is 18.7 Å². The van der Waals surface area contributed by atoms with Crippen molar-refractivity contribution in [3.8, 4) is 0 Å². The van der Waals surface area contributed by atoms with Crippen molar-refractivity contribution >= 4 is 15.9 Å². The van der Waals surface area contributed by atoms with Gasteiger partial charge in [0.2, 0.25) is 10.0 Å². The molecular formula is C14H21FN2O4S. The number of benzene rings is 1. The molecule has 0 aromatic heterocycles. The van der Waals surface area contributed by atoms with Crippen molar-refractivity contribution in [3.05, 3.63) is 29.6 Å². The molecule has 0 aliphatic heterocycles. The molecule has 0 unspecified atom stereocenters. The van der Waals surface area contributed by atoms with Gasteiger partial charge in [-0.15, -0.1) is 0 Å². The Hall–Kier alpha value is -1.51. The van der Waals surface area contributed by atoms with Crippen molar-refractivity contribution in [2.24, 2.45) is 0 Å². The van der Waals surface area contributed by atoms with Gasteiger partial charge in [-0.2, -0.15) is 4.31 Å². The fourth-order valence-electron chi connectivity index (χ4n) is 1.91. The fourth-order valence-corrected chi connectivity index (χ4v) is 3.40. The van der Waals surface area contributed by atoms with Crippen LogP contribution in [0, 0.1) is 5.82 Å². The molecule has 1 N–H and O–H groups in total. The Morgan fingerprint density at radius 3 is 2.50 bits per heavy atom. The van der Waals surface area contributed by atoms with Crippen LogP contribution in [-0.4, -0.2) is 52.0 Å². The third kappa shape index (κ3) is 4.25. The third-order valence-electron chi connectivity index (χ3n) is 3.12. The van der Waals surface area contributed by atoms with Crippen LogP contribution < -0.4 is 5.32 Å². The first kappa shape index (κ1) is 18.5. The smallest absolute Gasteiger partial charge is 0.254 e. The third-order valence-corrected chi connectivity index (χ3v) is 5.16. The van der Waals surface area contributed by atoms with E-state index < -0.39 is 21.7 Å². The van der Waals surface area contributed by atoms with E-state index in [1.165, 1.54) is 11.4 Å². The van der Waals surface area contributed by atoms with Crippen molar-refractivity contribution < 1.29 is 22.3 Å². The van der Waals surface area contributed by atoms with E-state index in [1.807, 2.05) is 0 Å². The molecule has 0 aliphatic carbocycles. The minimum atomic E-state index is -3.74. The number of nitrogens with zero attached hydrogens (tertiary/aromatic N) is 1. The number of carbonyl (C=O) groups is 1. The Balaban J connectivity index is 3.11. The van der Waals surface area contributed by atoms with Gasteiger partial charge >= 0.3 is 0 Å². The number of carbonyl (C=O) groups excluding carboxylic acids is 1. The molecule has 124 valence electrons. The maximum absolute atomic E-state index is 13.8.